The van der Waals surface area contributed by atoms with Crippen LogP contribution in [0.15, 0.2) is 54.6 Å². The molecule has 0 amide bonds. The van der Waals surface area contributed by atoms with Gasteiger partial charge in [-0.05, 0) is 49.1 Å². The van der Waals surface area contributed by atoms with Gasteiger partial charge in [-0.15, -0.1) is 0 Å². The number of aromatic nitrogens is 1. The highest BCUT2D eigenvalue weighted by atomic mass is 16.5. The van der Waals surface area contributed by atoms with Gasteiger partial charge in [-0.3, -0.25) is 9.80 Å². The minimum absolute atomic E-state index is 0.645. The van der Waals surface area contributed by atoms with Gasteiger partial charge in [-0.2, -0.15) is 0 Å². The van der Waals surface area contributed by atoms with Crippen LogP contribution < -0.4 is 4.74 Å². The van der Waals surface area contributed by atoms with Gasteiger partial charge in [-0.25, -0.2) is 4.98 Å². The Morgan fingerprint density at radius 1 is 1.00 bits per heavy atom. The van der Waals surface area contributed by atoms with Crippen LogP contribution >= 0.6 is 0 Å². The summed E-state index contributed by atoms with van der Waals surface area (Å²) in [5.41, 5.74) is 5.14. The largest absolute Gasteiger partial charge is 0.494 e. The molecule has 1 aromatic heterocycles. The first kappa shape index (κ1) is 18.6. The first-order chi connectivity index (χ1) is 14.3. The maximum atomic E-state index is 5.51. The quantitative estimate of drug-likeness (QED) is 0.669. The Hall–Kier alpha value is -2.43. The molecule has 1 fully saturated rings. The Bertz CT molecular complexity index is 1000. The van der Waals surface area contributed by atoms with E-state index >= 15 is 0 Å². The fourth-order valence-electron chi connectivity index (χ4n) is 4.94. The van der Waals surface area contributed by atoms with Crippen molar-refractivity contribution < 1.29 is 4.74 Å². The van der Waals surface area contributed by atoms with Crippen LogP contribution in [0.25, 0.3) is 10.9 Å². The minimum Gasteiger partial charge on any atom is -0.494 e. The van der Waals surface area contributed by atoms with Gasteiger partial charge >= 0.3 is 0 Å². The SMILES string of the molecule is COc1cccc2ccc(CN3CCCC(N4CCc5ccccc5C4)C3)nc12. The molecule has 150 valence electrons. The molecular weight excluding hydrogens is 358 g/mol. The highest BCUT2D eigenvalue weighted by Crippen LogP contribution is 2.26. The van der Waals surface area contributed by atoms with E-state index in [9.17, 15) is 0 Å². The average Bonchev–Trinajstić information content (AvgIpc) is 2.78. The molecule has 1 saturated heterocycles. The summed E-state index contributed by atoms with van der Waals surface area (Å²) < 4.78 is 5.51. The molecule has 0 saturated carbocycles. The Labute approximate surface area is 173 Å². The lowest BCUT2D eigenvalue weighted by molar-refractivity contribution is 0.0832. The number of benzene rings is 2. The van der Waals surface area contributed by atoms with Crippen LogP contribution in [0.5, 0.6) is 5.75 Å². The third-order valence-corrected chi connectivity index (χ3v) is 6.50. The number of piperidine rings is 1. The number of methoxy groups -OCH3 is 1. The number of para-hydroxylation sites is 1. The van der Waals surface area contributed by atoms with Crippen LogP contribution in [-0.2, 0) is 19.5 Å². The Kier molecular flexibility index (Phi) is 5.21. The summed E-state index contributed by atoms with van der Waals surface area (Å²) in [7, 11) is 1.72. The summed E-state index contributed by atoms with van der Waals surface area (Å²) in [4.78, 5) is 10.2. The molecule has 2 aliphatic heterocycles. The molecule has 3 aromatic rings. The topological polar surface area (TPSA) is 28.6 Å². The second-order valence-electron chi connectivity index (χ2n) is 8.35. The third-order valence-electron chi connectivity index (χ3n) is 6.50. The summed E-state index contributed by atoms with van der Waals surface area (Å²) in [6.07, 6.45) is 3.75. The number of pyridine rings is 1. The molecule has 1 atom stereocenters. The lowest BCUT2D eigenvalue weighted by Crippen LogP contribution is -2.49. The van der Waals surface area contributed by atoms with Crippen molar-refractivity contribution in [2.75, 3.05) is 26.7 Å². The second kappa shape index (κ2) is 8.13. The van der Waals surface area contributed by atoms with Gasteiger partial charge in [0.25, 0.3) is 0 Å². The van der Waals surface area contributed by atoms with Crippen LogP contribution in [0.3, 0.4) is 0 Å². The van der Waals surface area contributed by atoms with Crippen molar-refractivity contribution in [3.05, 3.63) is 71.4 Å². The zero-order valence-corrected chi connectivity index (χ0v) is 17.2. The summed E-state index contributed by atoms with van der Waals surface area (Å²) in [5, 5.41) is 1.14. The fourth-order valence-corrected chi connectivity index (χ4v) is 4.94. The molecule has 5 rings (SSSR count). The van der Waals surface area contributed by atoms with Crippen molar-refractivity contribution in [2.45, 2.75) is 38.4 Å². The monoisotopic (exact) mass is 387 g/mol. The number of likely N-dealkylation sites (tertiary alicyclic amines) is 1. The molecule has 0 N–H and O–H groups in total. The molecule has 0 radical (unpaired) electrons. The minimum atomic E-state index is 0.645. The fraction of sp³-hybridized carbons (Fsp3) is 0.400. The summed E-state index contributed by atoms with van der Waals surface area (Å²) >= 11 is 0. The van der Waals surface area contributed by atoms with Crippen LogP contribution in [0.4, 0.5) is 0 Å². The Balaban J connectivity index is 1.29. The van der Waals surface area contributed by atoms with Crippen LogP contribution in [0.2, 0.25) is 0 Å². The van der Waals surface area contributed by atoms with Crippen molar-refractivity contribution in [1.82, 2.24) is 14.8 Å². The van der Waals surface area contributed by atoms with E-state index in [0.717, 1.165) is 48.5 Å². The zero-order chi connectivity index (χ0) is 19.6. The number of fused-ring (bicyclic) bond motifs is 2. The van der Waals surface area contributed by atoms with Crippen LogP contribution in [0, 0.1) is 0 Å². The summed E-state index contributed by atoms with van der Waals surface area (Å²) in [5.74, 6) is 0.854. The van der Waals surface area contributed by atoms with E-state index in [1.165, 1.54) is 36.9 Å². The van der Waals surface area contributed by atoms with Gasteiger partial charge in [0.2, 0.25) is 0 Å². The molecule has 4 nitrogen and oxygen atoms in total. The van der Waals surface area contributed by atoms with Gasteiger partial charge in [0.1, 0.15) is 11.3 Å². The van der Waals surface area contributed by atoms with E-state index in [0.29, 0.717) is 6.04 Å². The number of nitrogens with zero attached hydrogens (tertiary/aromatic N) is 3. The highest BCUT2D eigenvalue weighted by Gasteiger charge is 2.28. The molecular formula is C25H29N3O. The number of ether oxygens (including phenoxy) is 1. The zero-order valence-electron chi connectivity index (χ0n) is 17.2. The van der Waals surface area contributed by atoms with Crippen molar-refractivity contribution in [3.63, 3.8) is 0 Å². The van der Waals surface area contributed by atoms with Crippen LogP contribution in [-0.4, -0.2) is 47.6 Å². The number of rotatable bonds is 4. The molecule has 29 heavy (non-hydrogen) atoms. The normalized spacial score (nSPS) is 20.5. The van der Waals surface area contributed by atoms with E-state index < -0.39 is 0 Å². The second-order valence-corrected chi connectivity index (χ2v) is 8.35. The molecule has 0 bridgehead atoms. The number of hydrogen-bond donors (Lipinski definition) is 0. The number of hydrogen-bond acceptors (Lipinski definition) is 4. The van der Waals surface area contributed by atoms with Gasteiger partial charge in [-0.1, -0.05) is 42.5 Å². The first-order valence-corrected chi connectivity index (χ1v) is 10.8. The van der Waals surface area contributed by atoms with E-state index in [2.05, 4.69) is 52.3 Å². The van der Waals surface area contributed by atoms with Crippen molar-refractivity contribution in [3.8, 4) is 5.75 Å². The molecule has 3 heterocycles. The van der Waals surface area contributed by atoms with E-state index in [1.807, 2.05) is 12.1 Å². The lowest BCUT2D eigenvalue weighted by atomic mass is 9.96. The molecule has 1 unspecified atom stereocenters. The van der Waals surface area contributed by atoms with Crippen molar-refractivity contribution in [1.29, 1.82) is 0 Å². The molecule has 2 aliphatic rings. The first-order valence-electron chi connectivity index (χ1n) is 10.8. The standard InChI is InChI=1S/C25H29N3O/c1-29-24-10-4-8-20-11-12-22(26-25(20)24)17-27-14-5-9-23(18-27)28-15-13-19-6-2-3-7-21(19)16-28/h2-4,6-8,10-12,23H,5,9,13-18H2,1H3. The Morgan fingerprint density at radius 2 is 1.90 bits per heavy atom. The smallest absolute Gasteiger partial charge is 0.145 e. The van der Waals surface area contributed by atoms with Gasteiger partial charge in [0.15, 0.2) is 0 Å². The maximum absolute atomic E-state index is 5.51. The third kappa shape index (κ3) is 3.87. The van der Waals surface area contributed by atoms with E-state index in [4.69, 9.17) is 9.72 Å². The molecule has 4 heteroatoms. The van der Waals surface area contributed by atoms with Gasteiger partial charge in [0.05, 0.1) is 12.8 Å². The molecule has 0 spiro atoms. The molecule has 0 aliphatic carbocycles. The predicted octanol–water partition coefficient (Wildman–Crippen LogP) is 4.27. The molecule has 2 aromatic carbocycles. The van der Waals surface area contributed by atoms with E-state index in [1.54, 1.807) is 7.11 Å². The van der Waals surface area contributed by atoms with E-state index in [-0.39, 0.29) is 0 Å². The lowest BCUT2D eigenvalue weighted by Gasteiger charge is -2.41. The highest BCUT2D eigenvalue weighted by molar-refractivity contribution is 5.84. The average molecular weight is 388 g/mol. The van der Waals surface area contributed by atoms with Crippen molar-refractivity contribution >= 4 is 10.9 Å². The van der Waals surface area contributed by atoms with Gasteiger partial charge in [0, 0.05) is 37.6 Å². The predicted molar refractivity (Wildman–Crippen MR) is 117 cm³/mol. The van der Waals surface area contributed by atoms with Crippen molar-refractivity contribution in [2.24, 2.45) is 0 Å². The van der Waals surface area contributed by atoms with Gasteiger partial charge < -0.3 is 4.74 Å². The maximum Gasteiger partial charge on any atom is 0.145 e. The summed E-state index contributed by atoms with van der Waals surface area (Å²) in [6, 6.07) is 20.0. The van der Waals surface area contributed by atoms with Crippen LogP contribution in [0.1, 0.15) is 29.7 Å². The Morgan fingerprint density at radius 3 is 2.79 bits per heavy atom. The summed E-state index contributed by atoms with van der Waals surface area (Å²) in [6.45, 7) is 5.48.